The van der Waals surface area contributed by atoms with E-state index in [1.165, 1.54) is 28.6 Å². The van der Waals surface area contributed by atoms with Crippen molar-refractivity contribution in [2.45, 2.75) is 32.9 Å². The van der Waals surface area contributed by atoms with E-state index in [1.807, 2.05) is 48.5 Å². The topological polar surface area (TPSA) is 49.0 Å². The Hall–Kier alpha value is -3.51. The maximum Gasteiger partial charge on any atom is 0.267 e. The second-order valence-electron chi connectivity index (χ2n) is 9.13. The second kappa shape index (κ2) is 8.69. The number of hydrogen-bond acceptors (Lipinski definition) is 5. The number of hydrogen-bond donors (Lipinski definition) is 0. The first-order chi connectivity index (χ1) is 16.3. The van der Waals surface area contributed by atoms with E-state index >= 15 is 0 Å². The molecule has 5 rings (SSSR count). The van der Waals surface area contributed by atoms with Crippen LogP contribution in [-0.4, -0.2) is 28.6 Å². The van der Waals surface area contributed by atoms with Crippen LogP contribution in [0, 0.1) is 0 Å². The summed E-state index contributed by atoms with van der Waals surface area (Å²) in [4.78, 5) is 22.8. The van der Waals surface area contributed by atoms with E-state index in [-0.39, 0.29) is 11.4 Å². The van der Waals surface area contributed by atoms with Crippen molar-refractivity contribution >= 4 is 45.9 Å². The molecule has 0 radical (unpaired) electrons. The summed E-state index contributed by atoms with van der Waals surface area (Å²) in [6.45, 7) is 6.91. The molecule has 2 aliphatic heterocycles. The lowest BCUT2D eigenvalue weighted by molar-refractivity contribution is -0.122. The molecule has 0 saturated carbocycles. The number of aliphatic imine (C=N–C) groups is 1. The van der Waals surface area contributed by atoms with Gasteiger partial charge in [-0.15, -0.1) is 0 Å². The van der Waals surface area contributed by atoms with Crippen molar-refractivity contribution in [3.05, 3.63) is 94.8 Å². The van der Waals surface area contributed by atoms with Crippen molar-refractivity contribution in [1.29, 1.82) is 0 Å². The Kier molecular flexibility index (Phi) is 5.70. The molecule has 6 heteroatoms. The first-order valence-electron chi connectivity index (χ1n) is 11.3. The SMILES string of the molecule is CC1=CC(C)(C)N(C)c2ccc(/C=C3/SC(=Nc4ccccc4)N(Cc4ccco4)C3=O)cc21. The van der Waals surface area contributed by atoms with Gasteiger partial charge in [-0.25, -0.2) is 4.99 Å². The molecule has 0 aliphatic carbocycles. The number of amides is 1. The van der Waals surface area contributed by atoms with Crippen molar-refractivity contribution in [2.24, 2.45) is 4.99 Å². The average molecular weight is 470 g/mol. The van der Waals surface area contributed by atoms with Gasteiger partial charge in [-0.3, -0.25) is 9.69 Å². The van der Waals surface area contributed by atoms with Crippen molar-refractivity contribution in [3.63, 3.8) is 0 Å². The number of anilines is 1. The van der Waals surface area contributed by atoms with Crippen LogP contribution in [0.4, 0.5) is 11.4 Å². The number of thioether (sulfide) groups is 1. The number of allylic oxidation sites excluding steroid dienone is 1. The number of carbonyl (C=O) groups is 1. The molecule has 34 heavy (non-hydrogen) atoms. The Balaban J connectivity index is 1.50. The fraction of sp³-hybridized carbons (Fsp3) is 0.214. The molecule has 1 amide bonds. The lowest BCUT2D eigenvalue weighted by Gasteiger charge is -2.40. The lowest BCUT2D eigenvalue weighted by Crippen LogP contribution is -2.42. The van der Waals surface area contributed by atoms with Crippen LogP contribution in [0.25, 0.3) is 11.6 Å². The summed E-state index contributed by atoms with van der Waals surface area (Å²) in [5, 5.41) is 0.648. The number of likely N-dealkylation sites (N-methyl/N-ethyl adjacent to an activating group) is 1. The van der Waals surface area contributed by atoms with Crippen LogP contribution in [0.5, 0.6) is 0 Å². The first-order valence-corrected chi connectivity index (χ1v) is 12.1. The molecule has 1 fully saturated rings. The van der Waals surface area contributed by atoms with Gasteiger partial charge >= 0.3 is 0 Å². The van der Waals surface area contributed by atoms with Crippen LogP contribution in [0.15, 0.2) is 87.3 Å². The van der Waals surface area contributed by atoms with Gasteiger partial charge in [0.25, 0.3) is 5.91 Å². The molecule has 0 N–H and O–H groups in total. The van der Waals surface area contributed by atoms with Crippen LogP contribution in [0.3, 0.4) is 0 Å². The van der Waals surface area contributed by atoms with E-state index in [4.69, 9.17) is 9.41 Å². The molecular weight excluding hydrogens is 442 g/mol. The monoisotopic (exact) mass is 469 g/mol. The molecule has 1 aromatic heterocycles. The minimum absolute atomic E-state index is 0.0382. The quantitative estimate of drug-likeness (QED) is 0.398. The fourth-order valence-corrected chi connectivity index (χ4v) is 5.32. The van der Waals surface area contributed by atoms with Gasteiger partial charge in [0.05, 0.1) is 28.9 Å². The number of carbonyl (C=O) groups excluding carboxylic acids is 1. The van der Waals surface area contributed by atoms with E-state index < -0.39 is 0 Å². The molecule has 2 aliphatic rings. The number of fused-ring (bicyclic) bond motifs is 1. The van der Waals surface area contributed by atoms with Gasteiger partial charge in [0, 0.05) is 18.3 Å². The van der Waals surface area contributed by atoms with E-state index in [0.29, 0.717) is 16.6 Å². The zero-order valence-electron chi connectivity index (χ0n) is 19.8. The van der Waals surface area contributed by atoms with Crippen molar-refractivity contribution in [1.82, 2.24) is 4.90 Å². The summed E-state index contributed by atoms with van der Waals surface area (Å²) < 4.78 is 5.51. The highest BCUT2D eigenvalue weighted by Gasteiger charge is 2.34. The molecule has 0 spiro atoms. The van der Waals surface area contributed by atoms with Crippen molar-refractivity contribution in [3.8, 4) is 0 Å². The predicted octanol–water partition coefficient (Wildman–Crippen LogP) is 6.72. The number of amidine groups is 1. The highest BCUT2D eigenvalue weighted by Crippen LogP contribution is 2.40. The van der Waals surface area contributed by atoms with Gasteiger partial charge in [-0.05, 0) is 86.1 Å². The summed E-state index contributed by atoms with van der Waals surface area (Å²) >= 11 is 1.40. The summed E-state index contributed by atoms with van der Waals surface area (Å²) in [6.07, 6.45) is 5.87. The van der Waals surface area contributed by atoms with Gasteiger partial charge in [0.15, 0.2) is 5.17 Å². The maximum atomic E-state index is 13.4. The highest BCUT2D eigenvalue weighted by molar-refractivity contribution is 8.18. The number of nitrogens with zero attached hydrogens (tertiary/aromatic N) is 3. The third-order valence-corrected chi connectivity index (χ3v) is 7.31. The van der Waals surface area contributed by atoms with E-state index in [2.05, 4.69) is 57.0 Å². The smallest absolute Gasteiger partial charge is 0.267 e. The maximum absolute atomic E-state index is 13.4. The molecule has 0 unspecified atom stereocenters. The number of rotatable bonds is 4. The molecular formula is C28H27N3O2S. The molecule has 3 heterocycles. The largest absolute Gasteiger partial charge is 0.467 e. The Morgan fingerprint density at radius 2 is 1.88 bits per heavy atom. The molecule has 0 atom stereocenters. The highest BCUT2D eigenvalue weighted by atomic mass is 32.2. The minimum atomic E-state index is -0.0701. The standard InChI is InChI=1S/C28H27N3O2S/c1-19-17-28(2,3)30(4)24-13-12-20(15-23(19)24)16-25-26(32)31(18-22-11-8-14-33-22)27(34-25)29-21-9-6-5-7-10-21/h5-17H,18H2,1-4H3/b25-16+,29-27?. The fourth-order valence-electron chi connectivity index (χ4n) is 4.32. The van der Waals surface area contributed by atoms with Crippen LogP contribution in [0.2, 0.25) is 0 Å². The Labute approximate surface area is 204 Å². The van der Waals surface area contributed by atoms with Crippen LogP contribution < -0.4 is 4.90 Å². The van der Waals surface area contributed by atoms with E-state index in [1.54, 1.807) is 11.2 Å². The third-order valence-electron chi connectivity index (χ3n) is 6.30. The Bertz CT molecular complexity index is 1320. The van der Waals surface area contributed by atoms with Crippen LogP contribution >= 0.6 is 11.8 Å². The van der Waals surface area contributed by atoms with Crippen LogP contribution in [-0.2, 0) is 11.3 Å². The molecule has 1 saturated heterocycles. The zero-order valence-corrected chi connectivity index (χ0v) is 20.6. The summed E-state index contributed by atoms with van der Waals surface area (Å²) in [7, 11) is 2.12. The summed E-state index contributed by atoms with van der Waals surface area (Å²) in [6, 6.07) is 19.8. The molecule has 5 nitrogen and oxygen atoms in total. The Morgan fingerprint density at radius 3 is 2.62 bits per heavy atom. The summed E-state index contributed by atoms with van der Waals surface area (Å²) in [5.41, 5.74) is 5.40. The molecule has 3 aromatic rings. The van der Waals surface area contributed by atoms with Crippen molar-refractivity contribution < 1.29 is 9.21 Å². The van der Waals surface area contributed by atoms with E-state index in [0.717, 1.165) is 17.0 Å². The summed E-state index contributed by atoms with van der Waals surface area (Å²) in [5.74, 6) is 0.649. The lowest BCUT2D eigenvalue weighted by atomic mass is 9.88. The minimum Gasteiger partial charge on any atom is -0.467 e. The van der Waals surface area contributed by atoms with Gasteiger partial charge in [-0.2, -0.15) is 0 Å². The predicted molar refractivity (Wildman–Crippen MR) is 141 cm³/mol. The average Bonchev–Trinajstić information content (AvgIpc) is 3.43. The number of benzene rings is 2. The van der Waals surface area contributed by atoms with E-state index in [9.17, 15) is 4.79 Å². The molecule has 2 aromatic carbocycles. The molecule has 172 valence electrons. The normalized spacial score (nSPS) is 19.6. The molecule has 0 bridgehead atoms. The van der Waals surface area contributed by atoms with Gasteiger partial charge in [-0.1, -0.05) is 30.3 Å². The van der Waals surface area contributed by atoms with Crippen LogP contribution in [0.1, 0.15) is 37.7 Å². The first kappa shape index (κ1) is 22.3. The zero-order chi connectivity index (χ0) is 23.9. The second-order valence-corrected chi connectivity index (χ2v) is 10.1. The Morgan fingerprint density at radius 1 is 1.09 bits per heavy atom. The van der Waals surface area contributed by atoms with Gasteiger partial charge < -0.3 is 9.32 Å². The number of para-hydroxylation sites is 1. The number of furan rings is 1. The van der Waals surface area contributed by atoms with Crippen molar-refractivity contribution in [2.75, 3.05) is 11.9 Å². The third kappa shape index (κ3) is 4.21. The van der Waals surface area contributed by atoms with Gasteiger partial charge in [0.2, 0.25) is 0 Å². The van der Waals surface area contributed by atoms with Gasteiger partial charge in [0.1, 0.15) is 5.76 Å².